The third kappa shape index (κ3) is 3.74. The maximum Gasteiger partial charge on any atom is 0.251 e. The number of nitrogen functional groups attached to an aromatic ring is 1. The summed E-state index contributed by atoms with van der Waals surface area (Å²) in [5, 5.41) is 4.40. The molecule has 0 saturated heterocycles. The van der Waals surface area contributed by atoms with Crippen molar-refractivity contribution in [1.29, 1.82) is 0 Å². The molecule has 2 rings (SSSR count). The number of nitrogens with two attached hydrogens (primary N) is 1. The number of anilines is 1. The molecule has 0 unspecified atom stereocenters. The predicted octanol–water partition coefficient (Wildman–Crippen LogP) is 3.98. The summed E-state index contributed by atoms with van der Waals surface area (Å²) in [5.41, 5.74) is 6.44. The summed E-state index contributed by atoms with van der Waals surface area (Å²) in [4.78, 5) is 12.2. The van der Waals surface area contributed by atoms with E-state index < -0.39 is 0 Å². The SMILES string of the molecule is CSC1CCC(NC(=O)c2cc(Cl)c(N)c(Cl)c2)CC1. The van der Waals surface area contributed by atoms with Gasteiger partial charge in [0.05, 0.1) is 15.7 Å². The molecule has 0 spiro atoms. The monoisotopic (exact) mass is 332 g/mol. The zero-order valence-electron chi connectivity index (χ0n) is 11.3. The van der Waals surface area contributed by atoms with Crippen LogP contribution in [0.5, 0.6) is 0 Å². The highest BCUT2D eigenvalue weighted by molar-refractivity contribution is 7.99. The van der Waals surface area contributed by atoms with E-state index in [4.69, 9.17) is 28.9 Å². The number of thioether (sulfide) groups is 1. The van der Waals surface area contributed by atoms with Crippen LogP contribution >= 0.6 is 35.0 Å². The van der Waals surface area contributed by atoms with Gasteiger partial charge in [-0.3, -0.25) is 4.79 Å². The Kier molecular flexibility index (Phi) is 5.47. The van der Waals surface area contributed by atoms with Crippen molar-refractivity contribution in [2.24, 2.45) is 0 Å². The van der Waals surface area contributed by atoms with Crippen LogP contribution < -0.4 is 11.1 Å². The van der Waals surface area contributed by atoms with Gasteiger partial charge in [0, 0.05) is 16.9 Å². The van der Waals surface area contributed by atoms with E-state index in [0.717, 1.165) is 30.9 Å². The van der Waals surface area contributed by atoms with Crippen LogP contribution in [0.2, 0.25) is 10.0 Å². The van der Waals surface area contributed by atoms with Crippen LogP contribution in [0.15, 0.2) is 12.1 Å². The Labute approximate surface area is 133 Å². The van der Waals surface area contributed by atoms with Crippen molar-refractivity contribution in [1.82, 2.24) is 5.32 Å². The minimum atomic E-state index is -0.138. The second kappa shape index (κ2) is 6.92. The van der Waals surface area contributed by atoms with E-state index in [2.05, 4.69) is 11.6 Å². The highest BCUT2D eigenvalue weighted by atomic mass is 35.5. The molecule has 0 bridgehead atoms. The average Bonchev–Trinajstić information content (AvgIpc) is 2.45. The second-order valence-corrected chi connectivity index (χ2v) is 6.99. The van der Waals surface area contributed by atoms with Crippen molar-refractivity contribution < 1.29 is 4.79 Å². The van der Waals surface area contributed by atoms with Crippen LogP contribution in [0.1, 0.15) is 36.0 Å². The van der Waals surface area contributed by atoms with Gasteiger partial charge in [-0.1, -0.05) is 23.2 Å². The largest absolute Gasteiger partial charge is 0.396 e. The van der Waals surface area contributed by atoms with Gasteiger partial charge < -0.3 is 11.1 Å². The molecule has 6 heteroatoms. The lowest BCUT2D eigenvalue weighted by molar-refractivity contribution is 0.0928. The van der Waals surface area contributed by atoms with E-state index in [9.17, 15) is 4.79 Å². The van der Waals surface area contributed by atoms with E-state index in [1.165, 1.54) is 0 Å². The van der Waals surface area contributed by atoms with Crippen LogP contribution in [0.3, 0.4) is 0 Å². The summed E-state index contributed by atoms with van der Waals surface area (Å²) in [5.74, 6) is -0.138. The first kappa shape index (κ1) is 15.8. The van der Waals surface area contributed by atoms with Gasteiger partial charge in [0.2, 0.25) is 0 Å². The molecule has 0 radical (unpaired) electrons. The Morgan fingerprint density at radius 1 is 1.25 bits per heavy atom. The fourth-order valence-corrected chi connectivity index (χ4v) is 3.66. The Hall–Kier alpha value is -0.580. The lowest BCUT2D eigenvalue weighted by Crippen LogP contribution is -2.38. The predicted molar refractivity (Wildman–Crippen MR) is 87.9 cm³/mol. The minimum absolute atomic E-state index is 0.138. The quantitative estimate of drug-likeness (QED) is 0.823. The molecule has 110 valence electrons. The number of carbonyl (C=O) groups excluding carboxylic acids is 1. The van der Waals surface area contributed by atoms with Gasteiger partial charge >= 0.3 is 0 Å². The topological polar surface area (TPSA) is 55.1 Å². The van der Waals surface area contributed by atoms with Gasteiger partial charge in [-0.2, -0.15) is 11.8 Å². The van der Waals surface area contributed by atoms with Crippen molar-refractivity contribution in [3.05, 3.63) is 27.7 Å². The zero-order valence-corrected chi connectivity index (χ0v) is 13.6. The number of hydrogen-bond donors (Lipinski definition) is 2. The maximum atomic E-state index is 12.2. The van der Waals surface area contributed by atoms with Crippen molar-refractivity contribution in [2.75, 3.05) is 12.0 Å². The average molecular weight is 333 g/mol. The Bertz CT molecular complexity index is 479. The number of nitrogens with one attached hydrogen (secondary N) is 1. The lowest BCUT2D eigenvalue weighted by Gasteiger charge is -2.28. The fourth-order valence-electron chi connectivity index (χ4n) is 2.43. The Morgan fingerprint density at radius 3 is 2.30 bits per heavy atom. The second-order valence-electron chi connectivity index (χ2n) is 5.04. The zero-order chi connectivity index (χ0) is 14.7. The molecule has 1 fully saturated rings. The smallest absolute Gasteiger partial charge is 0.251 e. The number of benzene rings is 1. The number of hydrogen-bond acceptors (Lipinski definition) is 3. The summed E-state index contributed by atoms with van der Waals surface area (Å²) >= 11 is 13.8. The molecule has 1 aliphatic rings. The Balaban J connectivity index is 1.99. The van der Waals surface area contributed by atoms with Crippen molar-refractivity contribution in [3.8, 4) is 0 Å². The standard InChI is InChI=1S/C14H18Cl2N2OS/c1-20-10-4-2-9(3-5-10)18-14(19)8-6-11(15)13(17)12(16)7-8/h6-7,9-10H,2-5,17H2,1H3,(H,18,19). The number of amides is 1. The van der Waals surface area contributed by atoms with Crippen LogP contribution in [0, 0.1) is 0 Å². The Morgan fingerprint density at radius 2 is 1.80 bits per heavy atom. The third-order valence-corrected chi connectivity index (χ3v) is 5.45. The van der Waals surface area contributed by atoms with Gasteiger partial charge in [-0.05, 0) is 44.1 Å². The third-order valence-electron chi connectivity index (χ3n) is 3.68. The first-order valence-electron chi connectivity index (χ1n) is 6.59. The summed E-state index contributed by atoms with van der Waals surface area (Å²) in [6.45, 7) is 0. The highest BCUT2D eigenvalue weighted by Gasteiger charge is 2.22. The molecule has 0 aromatic heterocycles. The van der Waals surface area contributed by atoms with E-state index in [0.29, 0.717) is 21.3 Å². The highest BCUT2D eigenvalue weighted by Crippen LogP contribution is 2.30. The molecule has 1 amide bonds. The normalized spacial score (nSPS) is 22.6. The summed E-state index contributed by atoms with van der Waals surface area (Å²) in [6.07, 6.45) is 6.48. The summed E-state index contributed by atoms with van der Waals surface area (Å²) in [6, 6.07) is 3.36. The van der Waals surface area contributed by atoms with E-state index in [1.807, 2.05) is 11.8 Å². The number of carbonyl (C=O) groups is 1. The molecule has 3 N–H and O–H groups in total. The number of halogens is 2. The van der Waals surface area contributed by atoms with Gasteiger partial charge in [0.25, 0.3) is 5.91 Å². The van der Waals surface area contributed by atoms with Gasteiger partial charge in [-0.15, -0.1) is 0 Å². The molecule has 3 nitrogen and oxygen atoms in total. The van der Waals surface area contributed by atoms with Crippen LogP contribution in [-0.2, 0) is 0 Å². The maximum absolute atomic E-state index is 12.2. The molecule has 1 aromatic rings. The van der Waals surface area contributed by atoms with Gasteiger partial charge in [0.15, 0.2) is 0 Å². The van der Waals surface area contributed by atoms with Crippen LogP contribution in [-0.4, -0.2) is 23.5 Å². The molecular formula is C14H18Cl2N2OS. The van der Waals surface area contributed by atoms with Crippen molar-refractivity contribution in [2.45, 2.75) is 37.0 Å². The van der Waals surface area contributed by atoms with Crippen molar-refractivity contribution in [3.63, 3.8) is 0 Å². The van der Waals surface area contributed by atoms with Crippen molar-refractivity contribution >= 4 is 46.6 Å². The molecule has 0 heterocycles. The molecule has 0 aliphatic heterocycles. The first-order valence-corrected chi connectivity index (χ1v) is 8.63. The van der Waals surface area contributed by atoms with Gasteiger partial charge in [0.1, 0.15) is 0 Å². The van der Waals surface area contributed by atoms with E-state index >= 15 is 0 Å². The molecule has 1 aromatic carbocycles. The minimum Gasteiger partial charge on any atom is -0.396 e. The van der Waals surface area contributed by atoms with Crippen LogP contribution in [0.25, 0.3) is 0 Å². The molecule has 20 heavy (non-hydrogen) atoms. The molecule has 0 atom stereocenters. The molecule has 1 saturated carbocycles. The summed E-state index contributed by atoms with van der Waals surface area (Å²) < 4.78 is 0. The first-order chi connectivity index (χ1) is 9.51. The molecular weight excluding hydrogens is 315 g/mol. The lowest BCUT2D eigenvalue weighted by atomic mass is 9.94. The fraction of sp³-hybridized carbons (Fsp3) is 0.500. The van der Waals surface area contributed by atoms with E-state index in [-0.39, 0.29) is 11.9 Å². The molecule has 1 aliphatic carbocycles. The van der Waals surface area contributed by atoms with Crippen LogP contribution in [0.4, 0.5) is 5.69 Å². The number of rotatable bonds is 3. The van der Waals surface area contributed by atoms with E-state index in [1.54, 1.807) is 12.1 Å². The van der Waals surface area contributed by atoms with Gasteiger partial charge in [-0.25, -0.2) is 0 Å². The summed E-state index contributed by atoms with van der Waals surface area (Å²) in [7, 11) is 0.